The molecule has 0 aromatic carbocycles. The number of amides is 14. The largest absolute Gasteiger partial charge is 0.480 e. The van der Waals surface area contributed by atoms with E-state index in [1.165, 1.54) is 84.6 Å². The average molecular weight is 1260 g/mol. The van der Waals surface area contributed by atoms with Gasteiger partial charge >= 0.3 is 23.9 Å². The molecule has 37 nitrogen and oxygen atoms in total. The van der Waals surface area contributed by atoms with Crippen LogP contribution in [0.1, 0.15) is 38.5 Å². The number of aliphatic carboxylic acids is 4. The van der Waals surface area contributed by atoms with Crippen LogP contribution >= 0.6 is 0 Å². The molecule has 0 fully saturated rings. The number of nitrogens with one attached hydrogen (secondary N) is 2. The first-order chi connectivity index (χ1) is 40.6. The number of nitrogens with zero attached hydrogens (tertiary/aromatic N) is 12. The van der Waals surface area contributed by atoms with Crippen LogP contribution in [0, 0.1) is 0 Å². The van der Waals surface area contributed by atoms with Crippen molar-refractivity contribution in [1.29, 1.82) is 0 Å². The van der Waals surface area contributed by atoms with E-state index in [2.05, 4.69) is 10.6 Å². The summed E-state index contributed by atoms with van der Waals surface area (Å²) in [6, 6.07) is -4.58. The van der Waals surface area contributed by atoms with Crippen molar-refractivity contribution in [3.05, 3.63) is 0 Å². The van der Waals surface area contributed by atoms with Gasteiger partial charge in [-0.1, -0.05) is 0 Å². The molecule has 0 aromatic rings. The van der Waals surface area contributed by atoms with Crippen molar-refractivity contribution in [2.45, 2.75) is 56.7 Å². The van der Waals surface area contributed by atoms with Crippen molar-refractivity contribution in [2.75, 3.05) is 163 Å². The number of carboxylic acid groups (broad SMARTS) is 4. The smallest absolute Gasteiger partial charge is 0.326 e. The number of carbonyl (C=O) groups excluding carboxylic acids is 14. The Bertz CT molecular complexity index is 2620. The third-order valence-corrected chi connectivity index (χ3v) is 13.2. The number of carboxylic acids is 4. The molecule has 0 spiro atoms. The lowest BCUT2D eigenvalue weighted by molar-refractivity contribution is -0.147. The fraction of sp³-hybridized carbons (Fsp3) is 0.647. The number of likely N-dealkylation sites (N-methyl/N-ethyl adjacent to an activating group) is 12. The first kappa shape index (κ1) is 78.4. The molecule has 0 aliphatic rings. The predicted molar refractivity (Wildman–Crippen MR) is 302 cm³/mol. The highest BCUT2D eigenvalue weighted by Crippen LogP contribution is 2.07. The second-order valence-electron chi connectivity index (χ2n) is 20.9. The van der Waals surface area contributed by atoms with Crippen LogP contribution in [-0.2, 0) is 86.3 Å². The lowest BCUT2D eigenvalue weighted by Gasteiger charge is -2.27. The van der Waals surface area contributed by atoms with Crippen molar-refractivity contribution >= 4 is 107 Å². The van der Waals surface area contributed by atoms with E-state index < -0.39 is 235 Å². The van der Waals surface area contributed by atoms with Crippen molar-refractivity contribution < 1.29 is 107 Å². The second kappa shape index (κ2) is 37.8. The maximum absolute atomic E-state index is 13.0. The summed E-state index contributed by atoms with van der Waals surface area (Å²) in [4.78, 5) is 236. The molecule has 8 N–H and O–H groups in total. The highest BCUT2D eigenvalue weighted by atomic mass is 16.4. The Kier molecular flexibility index (Phi) is 33.7. The lowest BCUT2D eigenvalue weighted by atomic mass is 10.1. The van der Waals surface area contributed by atoms with E-state index in [-0.39, 0.29) is 6.42 Å². The Morgan fingerprint density at radius 3 is 0.648 bits per heavy atom. The Labute approximate surface area is 507 Å². The normalized spacial score (nSPS) is 11.6. The SMILES string of the molecule is CN(CC(=O)O)C(=O)CN(C)C(=O)CN(C)C(=O)CN(C)C(=O)CN(C)C(=O)CN(C)C(=O)CN(C)C(=O)CN(C)C(=O)CN(C)C(=O)CN(C)C(=O)CN(C)C(=O)CN(C)C(=O)CC[C@H](NC(=O)CC[C@H](NC(=O)CC[C@H](N)C(=O)O)C(=O)O)C(=O)O. The molecule has 0 aromatic heterocycles. The summed E-state index contributed by atoms with van der Waals surface area (Å²) >= 11 is 0. The van der Waals surface area contributed by atoms with Gasteiger partial charge in [0, 0.05) is 104 Å². The van der Waals surface area contributed by atoms with E-state index >= 15 is 0 Å². The van der Waals surface area contributed by atoms with E-state index in [4.69, 9.17) is 15.9 Å². The highest BCUT2D eigenvalue weighted by Gasteiger charge is 2.30. The molecule has 88 heavy (non-hydrogen) atoms. The third kappa shape index (κ3) is 29.5. The number of rotatable bonds is 38. The molecule has 494 valence electrons. The first-order valence-corrected chi connectivity index (χ1v) is 26.7. The fourth-order valence-corrected chi connectivity index (χ4v) is 7.01. The van der Waals surface area contributed by atoms with E-state index in [1.54, 1.807) is 0 Å². The summed E-state index contributed by atoms with van der Waals surface area (Å²) in [5.74, 6) is -15.9. The van der Waals surface area contributed by atoms with Crippen LogP contribution in [-0.4, -0.2) is 367 Å². The van der Waals surface area contributed by atoms with E-state index in [1.807, 2.05) is 0 Å². The molecule has 14 amide bonds. The number of carbonyl (C=O) groups is 18. The molecule has 0 heterocycles. The molecular formula is C51H83N15O22. The molecule has 0 saturated heterocycles. The lowest BCUT2D eigenvalue weighted by Crippen LogP contribution is -2.49. The number of hydrogen-bond acceptors (Lipinski definition) is 19. The summed E-state index contributed by atoms with van der Waals surface area (Å²) < 4.78 is 0. The van der Waals surface area contributed by atoms with Crippen LogP contribution in [0.3, 0.4) is 0 Å². The Balaban J connectivity index is 5.03. The summed E-state index contributed by atoms with van der Waals surface area (Å²) in [5.41, 5.74) is 5.34. The van der Waals surface area contributed by atoms with Crippen molar-refractivity contribution in [1.82, 2.24) is 69.4 Å². The average Bonchev–Trinajstić information content (AvgIpc) is 3.59. The molecule has 0 saturated carbocycles. The molecular weight excluding hydrogens is 1170 g/mol. The van der Waals surface area contributed by atoms with Crippen molar-refractivity contribution in [2.24, 2.45) is 5.73 Å². The van der Waals surface area contributed by atoms with E-state index in [9.17, 15) is 96.5 Å². The van der Waals surface area contributed by atoms with Crippen molar-refractivity contribution in [3.63, 3.8) is 0 Å². The number of nitrogens with two attached hydrogens (primary N) is 1. The zero-order valence-electron chi connectivity index (χ0n) is 51.5. The summed E-state index contributed by atoms with van der Waals surface area (Å²) in [7, 11) is 15.1. The predicted octanol–water partition coefficient (Wildman–Crippen LogP) is -8.54. The van der Waals surface area contributed by atoms with Crippen LogP contribution in [0.25, 0.3) is 0 Å². The molecule has 37 heteroatoms. The minimum atomic E-state index is -1.63. The van der Waals surface area contributed by atoms with Gasteiger partial charge in [0.25, 0.3) is 0 Å². The maximum Gasteiger partial charge on any atom is 0.326 e. The quantitative estimate of drug-likeness (QED) is 0.0302. The number of hydrogen-bond donors (Lipinski definition) is 7. The van der Waals surface area contributed by atoms with Gasteiger partial charge in [0.1, 0.15) is 24.7 Å². The second-order valence-corrected chi connectivity index (χ2v) is 20.9. The van der Waals surface area contributed by atoms with Crippen LogP contribution in [0.2, 0.25) is 0 Å². The minimum Gasteiger partial charge on any atom is -0.480 e. The van der Waals surface area contributed by atoms with Gasteiger partial charge in [-0.2, -0.15) is 0 Å². The van der Waals surface area contributed by atoms with Gasteiger partial charge in [-0.05, 0) is 19.3 Å². The van der Waals surface area contributed by atoms with Crippen LogP contribution in [0.5, 0.6) is 0 Å². The molecule has 0 radical (unpaired) electrons. The summed E-state index contributed by atoms with van der Waals surface area (Å²) in [5, 5.41) is 41.1. The third-order valence-electron chi connectivity index (χ3n) is 13.2. The Morgan fingerprint density at radius 2 is 0.455 bits per heavy atom. The van der Waals surface area contributed by atoms with Gasteiger partial charge in [0.2, 0.25) is 82.7 Å². The molecule has 0 unspecified atom stereocenters. The maximum atomic E-state index is 13.0. The van der Waals surface area contributed by atoms with Gasteiger partial charge in [-0.3, -0.25) is 76.7 Å². The standard InChI is InChI=1S/C51H83N15O22/c1-55(36(69)18-15-33(51(87)88)54-35(68)17-14-32(50(85)86)53-34(67)16-13-31(52)49(83)84)19-37(70)56(2)20-38(71)57(3)21-39(72)58(4)22-40(73)59(5)23-41(74)60(6)24-42(75)61(7)25-43(76)62(8)26-44(77)63(9)27-45(78)64(10)28-46(79)65(11)29-47(80)66(12)30-48(81)82/h31-33H,13-30,52H2,1-12H3,(H,53,67)(H,54,68)(H,81,82)(H,83,84)(H,85,86)(H,87,88)/t31-,32-,33-/m0/s1. The Morgan fingerprint density at radius 1 is 0.273 bits per heavy atom. The molecule has 0 bridgehead atoms. The Hall–Kier alpha value is -9.58. The van der Waals surface area contributed by atoms with Crippen LogP contribution in [0.4, 0.5) is 0 Å². The zero-order valence-corrected chi connectivity index (χ0v) is 51.5. The summed E-state index contributed by atoms with van der Waals surface area (Å²) in [6.45, 7) is -6.39. The molecule has 0 aliphatic carbocycles. The minimum absolute atomic E-state index is 0.293. The van der Waals surface area contributed by atoms with Gasteiger partial charge in [-0.25, -0.2) is 9.59 Å². The molecule has 0 rings (SSSR count). The molecule has 3 atom stereocenters. The van der Waals surface area contributed by atoms with Gasteiger partial charge in [0.05, 0.1) is 72.0 Å². The van der Waals surface area contributed by atoms with Gasteiger partial charge in [0.15, 0.2) is 0 Å². The molecule has 0 aliphatic heterocycles. The highest BCUT2D eigenvalue weighted by molar-refractivity contribution is 5.95. The first-order valence-electron chi connectivity index (χ1n) is 26.7. The summed E-state index contributed by atoms with van der Waals surface area (Å²) in [6.07, 6.45) is -2.71. The fourth-order valence-electron chi connectivity index (χ4n) is 7.01. The van der Waals surface area contributed by atoms with Crippen LogP contribution in [0.15, 0.2) is 0 Å². The van der Waals surface area contributed by atoms with E-state index in [0.29, 0.717) is 0 Å². The van der Waals surface area contributed by atoms with Crippen LogP contribution < -0.4 is 16.4 Å². The van der Waals surface area contributed by atoms with E-state index in [0.717, 1.165) is 58.8 Å². The van der Waals surface area contributed by atoms with Gasteiger partial charge in [-0.15, -0.1) is 0 Å². The monoisotopic (exact) mass is 1260 g/mol. The van der Waals surface area contributed by atoms with Gasteiger partial charge < -0.3 is 95.6 Å². The zero-order chi connectivity index (χ0) is 68.2. The van der Waals surface area contributed by atoms with Crippen molar-refractivity contribution in [3.8, 4) is 0 Å². The topological polar surface area (TPSA) is 477 Å².